The number of hydrogen-bond acceptors (Lipinski definition) is 6. The zero-order chi connectivity index (χ0) is 22.0. The average molecular weight is 576 g/mol. The molecule has 0 radical (unpaired) electrons. The van der Waals surface area contributed by atoms with Crippen LogP contribution in [0.15, 0.2) is 50.2 Å². The van der Waals surface area contributed by atoms with Crippen LogP contribution in [0.5, 0.6) is 0 Å². The van der Waals surface area contributed by atoms with Crippen LogP contribution in [0.2, 0.25) is 5.02 Å². The first-order chi connectivity index (χ1) is 14.2. The molecule has 30 heavy (non-hydrogen) atoms. The number of carbonyl (C=O) groups excluding carboxylic acids is 3. The lowest BCUT2D eigenvalue weighted by atomic mass is 10.2. The number of carbonyl (C=O) groups is 3. The normalized spacial score (nSPS) is 15.0. The molecule has 2 aromatic carbocycles. The number of benzene rings is 2. The van der Waals surface area contributed by atoms with Gasteiger partial charge in [0.15, 0.2) is 0 Å². The Morgan fingerprint density at radius 2 is 1.90 bits per heavy atom. The number of halogens is 3. The van der Waals surface area contributed by atoms with Crippen LogP contribution in [0.25, 0.3) is 6.08 Å². The molecule has 2 aromatic rings. The number of imide groups is 1. The van der Waals surface area contributed by atoms with Gasteiger partial charge in [-0.1, -0.05) is 17.7 Å². The highest BCUT2D eigenvalue weighted by molar-refractivity contribution is 9.11. The Balaban J connectivity index is 1.73. The van der Waals surface area contributed by atoms with Crippen LogP contribution in [-0.2, 0) is 9.59 Å². The van der Waals surface area contributed by atoms with Gasteiger partial charge in [0.1, 0.15) is 6.54 Å². The van der Waals surface area contributed by atoms with Gasteiger partial charge in [-0.3, -0.25) is 29.4 Å². The van der Waals surface area contributed by atoms with Crippen molar-refractivity contribution in [3.63, 3.8) is 0 Å². The molecule has 1 heterocycles. The van der Waals surface area contributed by atoms with E-state index in [9.17, 15) is 24.5 Å². The van der Waals surface area contributed by atoms with Gasteiger partial charge in [0.2, 0.25) is 5.91 Å². The maximum absolute atomic E-state index is 12.6. The second kappa shape index (κ2) is 9.29. The molecule has 0 aliphatic carbocycles. The molecule has 1 fully saturated rings. The van der Waals surface area contributed by atoms with Crippen molar-refractivity contribution < 1.29 is 19.3 Å². The van der Waals surface area contributed by atoms with Crippen molar-refractivity contribution in [3.05, 3.63) is 70.9 Å². The van der Waals surface area contributed by atoms with E-state index >= 15 is 0 Å². The van der Waals surface area contributed by atoms with Crippen molar-refractivity contribution in [2.24, 2.45) is 0 Å². The SMILES string of the molecule is O=C(CN1C(=O)S/C(=C\c2ccc(Br)c([N+](=O)[O-])c2)C1=O)Nc1ccc(Br)c(Cl)c1. The van der Waals surface area contributed by atoms with E-state index in [-0.39, 0.29) is 10.6 Å². The van der Waals surface area contributed by atoms with E-state index in [4.69, 9.17) is 11.6 Å². The number of amides is 3. The second-order valence-electron chi connectivity index (χ2n) is 5.91. The highest BCUT2D eigenvalue weighted by Crippen LogP contribution is 2.34. The molecule has 0 unspecified atom stereocenters. The summed E-state index contributed by atoms with van der Waals surface area (Å²) in [7, 11) is 0. The molecule has 3 amide bonds. The summed E-state index contributed by atoms with van der Waals surface area (Å²) in [5.74, 6) is -1.23. The molecule has 0 saturated carbocycles. The van der Waals surface area contributed by atoms with Gasteiger partial charge in [-0.15, -0.1) is 0 Å². The molecule has 8 nitrogen and oxygen atoms in total. The van der Waals surface area contributed by atoms with Crippen LogP contribution in [0, 0.1) is 10.1 Å². The quantitative estimate of drug-likeness (QED) is 0.289. The van der Waals surface area contributed by atoms with E-state index in [0.29, 0.717) is 37.0 Å². The first-order valence-corrected chi connectivity index (χ1v) is 10.9. The summed E-state index contributed by atoms with van der Waals surface area (Å²) < 4.78 is 0.953. The van der Waals surface area contributed by atoms with Gasteiger partial charge in [-0.25, -0.2) is 0 Å². The first-order valence-electron chi connectivity index (χ1n) is 8.10. The first kappa shape index (κ1) is 22.5. The van der Waals surface area contributed by atoms with Crippen LogP contribution in [0.1, 0.15) is 5.56 Å². The van der Waals surface area contributed by atoms with Crippen LogP contribution in [0.4, 0.5) is 16.2 Å². The number of hydrogen-bond donors (Lipinski definition) is 1. The third-order valence-electron chi connectivity index (χ3n) is 3.84. The van der Waals surface area contributed by atoms with Crippen LogP contribution >= 0.6 is 55.2 Å². The fourth-order valence-corrected chi connectivity index (χ4v) is 4.12. The zero-order valence-corrected chi connectivity index (χ0v) is 19.5. The Morgan fingerprint density at radius 1 is 1.20 bits per heavy atom. The van der Waals surface area contributed by atoms with Gasteiger partial charge in [0.25, 0.3) is 16.8 Å². The predicted molar refractivity (Wildman–Crippen MR) is 121 cm³/mol. The minimum absolute atomic E-state index is 0.0658. The van der Waals surface area contributed by atoms with E-state index in [1.165, 1.54) is 24.3 Å². The summed E-state index contributed by atoms with van der Waals surface area (Å²) in [6.45, 7) is -0.476. The standard InChI is InChI=1S/C18H10Br2ClN3O5S/c19-11-4-2-10(7-13(11)21)22-16(25)8-23-17(26)15(30-18(23)27)6-9-1-3-12(20)14(5-9)24(28)29/h1-7H,8H2,(H,22,25)/b15-6-. The molecule has 1 aliphatic heterocycles. The van der Waals surface area contributed by atoms with Crippen molar-refractivity contribution in [1.29, 1.82) is 0 Å². The Hall–Kier alpha value is -2.21. The van der Waals surface area contributed by atoms with E-state index < -0.39 is 28.5 Å². The number of rotatable bonds is 5. The summed E-state index contributed by atoms with van der Waals surface area (Å²) in [5, 5.41) is 13.4. The molecule has 0 bridgehead atoms. The van der Waals surface area contributed by atoms with E-state index in [2.05, 4.69) is 37.2 Å². The maximum atomic E-state index is 12.6. The Labute approximate surface area is 196 Å². The van der Waals surface area contributed by atoms with Crippen molar-refractivity contribution in [2.45, 2.75) is 0 Å². The van der Waals surface area contributed by atoms with Crippen molar-refractivity contribution in [1.82, 2.24) is 4.90 Å². The Morgan fingerprint density at radius 3 is 2.57 bits per heavy atom. The summed E-state index contributed by atoms with van der Waals surface area (Å²) >= 11 is 13.0. The highest BCUT2D eigenvalue weighted by atomic mass is 79.9. The number of thioether (sulfide) groups is 1. The van der Waals surface area contributed by atoms with Gasteiger partial charge in [0, 0.05) is 16.2 Å². The average Bonchev–Trinajstić information content (AvgIpc) is 2.93. The number of nitrogens with one attached hydrogen (secondary N) is 1. The maximum Gasteiger partial charge on any atom is 0.294 e. The number of nitro groups is 1. The molecular weight excluding hydrogens is 566 g/mol. The van der Waals surface area contributed by atoms with Gasteiger partial charge in [-0.05, 0) is 79.5 Å². The second-order valence-corrected chi connectivity index (χ2v) is 9.02. The number of nitrogens with zero attached hydrogens (tertiary/aromatic N) is 2. The molecule has 12 heteroatoms. The number of anilines is 1. The molecule has 0 spiro atoms. The summed E-state index contributed by atoms with van der Waals surface area (Å²) in [4.78, 5) is 48.4. The molecule has 1 aliphatic rings. The van der Waals surface area contributed by atoms with Gasteiger partial charge < -0.3 is 5.32 Å². The van der Waals surface area contributed by atoms with Gasteiger partial charge in [-0.2, -0.15) is 0 Å². The molecule has 1 saturated heterocycles. The zero-order valence-electron chi connectivity index (χ0n) is 14.7. The minimum Gasteiger partial charge on any atom is -0.324 e. The summed E-state index contributed by atoms with van der Waals surface area (Å²) in [6, 6.07) is 9.11. The monoisotopic (exact) mass is 573 g/mol. The molecule has 1 N–H and O–H groups in total. The molecule has 3 rings (SSSR count). The van der Waals surface area contributed by atoms with E-state index in [0.717, 1.165) is 4.90 Å². The third kappa shape index (κ3) is 5.09. The lowest BCUT2D eigenvalue weighted by molar-refractivity contribution is -0.385. The highest BCUT2D eigenvalue weighted by Gasteiger charge is 2.36. The molecular formula is C18H10Br2ClN3O5S. The van der Waals surface area contributed by atoms with Crippen LogP contribution in [0.3, 0.4) is 0 Å². The lowest BCUT2D eigenvalue weighted by Gasteiger charge is -2.12. The van der Waals surface area contributed by atoms with Crippen LogP contribution in [-0.4, -0.2) is 33.4 Å². The summed E-state index contributed by atoms with van der Waals surface area (Å²) in [6.07, 6.45) is 1.37. The summed E-state index contributed by atoms with van der Waals surface area (Å²) in [5.41, 5.74) is 0.623. The van der Waals surface area contributed by atoms with Crippen molar-refractivity contribution in [2.75, 3.05) is 11.9 Å². The lowest BCUT2D eigenvalue weighted by Crippen LogP contribution is -2.36. The largest absolute Gasteiger partial charge is 0.324 e. The van der Waals surface area contributed by atoms with E-state index in [1.54, 1.807) is 18.2 Å². The van der Waals surface area contributed by atoms with Crippen molar-refractivity contribution in [3.8, 4) is 0 Å². The fourth-order valence-electron chi connectivity index (χ4n) is 2.47. The van der Waals surface area contributed by atoms with E-state index in [1.807, 2.05) is 0 Å². The molecule has 0 atom stereocenters. The molecule has 154 valence electrons. The minimum atomic E-state index is -0.653. The van der Waals surface area contributed by atoms with Crippen molar-refractivity contribution >= 4 is 89.7 Å². The Bertz CT molecular complexity index is 1120. The van der Waals surface area contributed by atoms with Gasteiger partial charge in [0.05, 0.1) is 19.3 Å². The fraction of sp³-hybridized carbons (Fsp3) is 0.0556. The Kier molecular flexibility index (Phi) is 6.96. The molecule has 0 aromatic heterocycles. The predicted octanol–water partition coefficient (Wildman–Crippen LogP) is 5.45. The van der Waals surface area contributed by atoms with Gasteiger partial charge >= 0.3 is 0 Å². The third-order valence-corrected chi connectivity index (χ3v) is 6.65. The smallest absolute Gasteiger partial charge is 0.294 e. The topological polar surface area (TPSA) is 110 Å². The van der Waals surface area contributed by atoms with Crippen LogP contribution < -0.4 is 5.32 Å². The number of nitro benzene ring substituents is 1.